The summed E-state index contributed by atoms with van der Waals surface area (Å²) in [6.07, 6.45) is 3.17. The van der Waals surface area contributed by atoms with Crippen molar-refractivity contribution in [3.63, 3.8) is 0 Å². The van der Waals surface area contributed by atoms with Crippen LogP contribution in [0.25, 0.3) is 11.6 Å². The predicted molar refractivity (Wildman–Crippen MR) is 133 cm³/mol. The number of para-hydroxylation sites is 2. The lowest BCUT2D eigenvalue weighted by molar-refractivity contribution is -0.110. The van der Waals surface area contributed by atoms with Crippen molar-refractivity contribution in [1.82, 2.24) is 0 Å². The maximum atomic E-state index is 12.6. The SMILES string of the molecule is NS(=O)(=O)c1cc(/C=C2/C(=O)Nc3ccccc32)cc(NCc2ccco2)c1Oc1ccccc1. The number of carbonyl (C=O) groups is 1. The third kappa shape index (κ3) is 4.81. The van der Waals surface area contributed by atoms with Gasteiger partial charge in [-0.2, -0.15) is 0 Å². The summed E-state index contributed by atoms with van der Waals surface area (Å²) in [5.41, 5.74) is 2.66. The number of anilines is 2. The second-order valence-electron chi connectivity index (χ2n) is 7.85. The molecular formula is C26H21N3O5S. The molecule has 0 atom stereocenters. The Hall–Kier alpha value is -4.34. The first-order valence-electron chi connectivity index (χ1n) is 10.7. The Morgan fingerprint density at radius 2 is 1.77 bits per heavy atom. The Balaban J connectivity index is 1.64. The molecule has 5 rings (SSSR count). The smallest absolute Gasteiger partial charge is 0.256 e. The Morgan fingerprint density at radius 3 is 2.51 bits per heavy atom. The van der Waals surface area contributed by atoms with E-state index in [4.69, 9.17) is 14.3 Å². The van der Waals surface area contributed by atoms with Gasteiger partial charge in [0.1, 0.15) is 16.4 Å². The van der Waals surface area contributed by atoms with Gasteiger partial charge in [-0.25, -0.2) is 13.6 Å². The number of primary sulfonamides is 1. The Bertz CT molecular complexity index is 1530. The molecule has 35 heavy (non-hydrogen) atoms. The quantitative estimate of drug-likeness (QED) is 0.321. The minimum absolute atomic E-state index is 0.0451. The zero-order valence-electron chi connectivity index (χ0n) is 18.4. The molecule has 4 N–H and O–H groups in total. The Morgan fingerprint density at radius 1 is 1.00 bits per heavy atom. The molecule has 4 aromatic rings. The Labute approximate surface area is 202 Å². The molecule has 1 aliphatic rings. The molecule has 1 aliphatic heterocycles. The molecule has 0 bridgehead atoms. The number of carbonyl (C=O) groups excluding carboxylic acids is 1. The van der Waals surface area contributed by atoms with Gasteiger partial charge in [0.05, 0.1) is 18.5 Å². The average Bonchev–Trinajstić information content (AvgIpc) is 3.46. The van der Waals surface area contributed by atoms with Crippen molar-refractivity contribution in [3.8, 4) is 11.5 Å². The van der Waals surface area contributed by atoms with Gasteiger partial charge in [0.15, 0.2) is 5.75 Å². The van der Waals surface area contributed by atoms with Crippen molar-refractivity contribution in [3.05, 3.63) is 102 Å². The van der Waals surface area contributed by atoms with Crippen LogP contribution in [0.3, 0.4) is 0 Å². The van der Waals surface area contributed by atoms with E-state index < -0.39 is 10.0 Å². The zero-order valence-corrected chi connectivity index (χ0v) is 19.2. The van der Waals surface area contributed by atoms with E-state index in [0.717, 1.165) is 5.56 Å². The number of rotatable bonds is 7. The summed E-state index contributed by atoms with van der Waals surface area (Å²) in [4.78, 5) is 12.4. The number of fused-ring (bicyclic) bond motifs is 1. The van der Waals surface area contributed by atoms with Gasteiger partial charge in [0, 0.05) is 16.8 Å². The van der Waals surface area contributed by atoms with Crippen molar-refractivity contribution in [2.45, 2.75) is 11.4 Å². The van der Waals surface area contributed by atoms with Crippen molar-refractivity contribution in [2.24, 2.45) is 5.14 Å². The van der Waals surface area contributed by atoms with E-state index in [1.807, 2.05) is 24.3 Å². The van der Waals surface area contributed by atoms with Gasteiger partial charge < -0.3 is 19.8 Å². The summed E-state index contributed by atoms with van der Waals surface area (Å²) in [7, 11) is -4.20. The summed E-state index contributed by atoms with van der Waals surface area (Å²) in [5.74, 6) is 0.844. The van der Waals surface area contributed by atoms with Crippen LogP contribution < -0.4 is 20.5 Å². The topological polar surface area (TPSA) is 124 Å². The van der Waals surface area contributed by atoms with Gasteiger partial charge in [-0.15, -0.1) is 0 Å². The fourth-order valence-corrected chi connectivity index (χ4v) is 4.52. The fraction of sp³-hybridized carbons (Fsp3) is 0.0385. The fourth-order valence-electron chi connectivity index (χ4n) is 3.81. The number of nitrogens with two attached hydrogens (primary N) is 1. The van der Waals surface area contributed by atoms with Gasteiger partial charge in [0.2, 0.25) is 10.0 Å². The maximum absolute atomic E-state index is 12.6. The summed E-state index contributed by atoms with van der Waals surface area (Å²) in [5, 5.41) is 11.6. The molecule has 0 unspecified atom stereocenters. The second-order valence-corrected chi connectivity index (χ2v) is 9.38. The van der Waals surface area contributed by atoms with Crippen LogP contribution in [0.4, 0.5) is 11.4 Å². The minimum Gasteiger partial charge on any atom is -0.467 e. The van der Waals surface area contributed by atoms with E-state index in [-0.39, 0.29) is 23.1 Å². The highest BCUT2D eigenvalue weighted by atomic mass is 32.2. The number of benzene rings is 3. The van der Waals surface area contributed by atoms with Crippen LogP contribution in [0, 0.1) is 0 Å². The highest BCUT2D eigenvalue weighted by molar-refractivity contribution is 7.89. The highest BCUT2D eigenvalue weighted by Gasteiger charge is 2.25. The monoisotopic (exact) mass is 487 g/mol. The van der Waals surface area contributed by atoms with Crippen molar-refractivity contribution >= 4 is 39.0 Å². The largest absolute Gasteiger partial charge is 0.467 e. The molecule has 176 valence electrons. The van der Waals surface area contributed by atoms with E-state index in [1.54, 1.807) is 60.9 Å². The van der Waals surface area contributed by atoms with Crippen LogP contribution in [0.2, 0.25) is 0 Å². The van der Waals surface area contributed by atoms with E-state index >= 15 is 0 Å². The van der Waals surface area contributed by atoms with E-state index in [9.17, 15) is 13.2 Å². The van der Waals surface area contributed by atoms with Gasteiger partial charge >= 0.3 is 0 Å². The third-order valence-electron chi connectivity index (χ3n) is 5.40. The van der Waals surface area contributed by atoms with Crippen LogP contribution in [0.5, 0.6) is 11.5 Å². The Kier molecular flexibility index (Phi) is 5.86. The van der Waals surface area contributed by atoms with Gasteiger partial charge in [0.25, 0.3) is 5.91 Å². The summed E-state index contributed by atoms with van der Waals surface area (Å²) in [6, 6.07) is 22.7. The highest BCUT2D eigenvalue weighted by Crippen LogP contribution is 2.39. The van der Waals surface area contributed by atoms with Crippen molar-refractivity contribution < 1.29 is 22.4 Å². The molecule has 0 aliphatic carbocycles. The lowest BCUT2D eigenvalue weighted by Crippen LogP contribution is -2.15. The van der Waals surface area contributed by atoms with Crippen LogP contribution in [-0.4, -0.2) is 14.3 Å². The molecular weight excluding hydrogens is 466 g/mol. The van der Waals surface area contributed by atoms with Gasteiger partial charge in [-0.3, -0.25) is 4.79 Å². The predicted octanol–water partition coefficient (Wildman–Crippen LogP) is 4.82. The lowest BCUT2D eigenvalue weighted by atomic mass is 10.0. The van der Waals surface area contributed by atoms with E-state index in [1.165, 1.54) is 6.07 Å². The third-order valence-corrected chi connectivity index (χ3v) is 6.32. The van der Waals surface area contributed by atoms with Crippen LogP contribution in [0.1, 0.15) is 16.9 Å². The first kappa shape index (κ1) is 22.5. The van der Waals surface area contributed by atoms with Crippen molar-refractivity contribution in [1.29, 1.82) is 0 Å². The number of ether oxygens (including phenoxy) is 1. The van der Waals surface area contributed by atoms with Crippen LogP contribution in [-0.2, 0) is 21.4 Å². The molecule has 0 saturated carbocycles. The van der Waals surface area contributed by atoms with Gasteiger partial charge in [-0.05, 0) is 54.1 Å². The number of sulfonamides is 1. The summed E-state index contributed by atoms with van der Waals surface area (Å²) in [6.45, 7) is 0.269. The van der Waals surface area contributed by atoms with E-state index in [0.29, 0.717) is 34.0 Å². The maximum Gasteiger partial charge on any atom is 0.256 e. The minimum atomic E-state index is -4.20. The molecule has 0 fully saturated rings. The van der Waals surface area contributed by atoms with Crippen molar-refractivity contribution in [2.75, 3.05) is 10.6 Å². The molecule has 9 heteroatoms. The molecule has 2 heterocycles. The number of hydrogen-bond donors (Lipinski definition) is 3. The molecule has 1 aromatic heterocycles. The first-order valence-corrected chi connectivity index (χ1v) is 12.3. The number of nitrogens with one attached hydrogen (secondary N) is 2. The molecule has 0 spiro atoms. The molecule has 1 amide bonds. The first-order chi connectivity index (χ1) is 16.9. The summed E-state index contributed by atoms with van der Waals surface area (Å²) >= 11 is 0. The average molecular weight is 488 g/mol. The number of hydrogen-bond acceptors (Lipinski definition) is 6. The van der Waals surface area contributed by atoms with Gasteiger partial charge in [-0.1, -0.05) is 36.4 Å². The van der Waals surface area contributed by atoms with Crippen LogP contribution >= 0.6 is 0 Å². The second kappa shape index (κ2) is 9.13. The molecule has 0 saturated heterocycles. The number of furan rings is 1. The standard InChI is InChI=1S/C26H21N3O5S/c27-35(31,32)24-15-17(13-21-20-10-4-5-11-22(20)29-26(21)30)14-23(28-16-19-9-6-12-33-19)25(24)34-18-7-2-1-3-8-18/h1-15,28H,16H2,(H,29,30)(H2,27,31,32)/b21-13+. The summed E-state index contributed by atoms with van der Waals surface area (Å²) < 4.78 is 36.6. The molecule has 3 aromatic carbocycles. The molecule has 0 radical (unpaired) electrons. The normalized spacial score (nSPS) is 14.0. The molecule has 8 nitrogen and oxygen atoms in total. The van der Waals surface area contributed by atoms with Crippen LogP contribution in [0.15, 0.2) is 94.4 Å². The lowest BCUT2D eigenvalue weighted by Gasteiger charge is -2.17. The zero-order chi connectivity index (χ0) is 24.4. The number of amides is 1. The van der Waals surface area contributed by atoms with E-state index in [2.05, 4.69) is 10.6 Å².